The second-order valence-electron chi connectivity index (χ2n) is 5.51. The summed E-state index contributed by atoms with van der Waals surface area (Å²) in [4.78, 5) is 0. The first-order valence-electron chi connectivity index (χ1n) is 6.53. The van der Waals surface area contributed by atoms with Crippen LogP contribution in [0.3, 0.4) is 0 Å². The van der Waals surface area contributed by atoms with Gasteiger partial charge in [0.15, 0.2) is 0 Å². The highest BCUT2D eigenvalue weighted by Crippen LogP contribution is 2.30. The maximum atomic E-state index is 13.6. The largest absolute Gasteiger partial charge is 0.385 e. The molecule has 2 aromatic rings. The summed E-state index contributed by atoms with van der Waals surface area (Å²) in [6, 6.07) is 10.5. The summed E-state index contributed by atoms with van der Waals surface area (Å²) in [7, 11) is 0. The van der Waals surface area contributed by atoms with Crippen LogP contribution in [0.1, 0.15) is 29.2 Å². The number of hydrogen-bond acceptors (Lipinski definition) is 1. The van der Waals surface area contributed by atoms with Crippen LogP contribution in [0.4, 0.5) is 4.39 Å². The Balaban J connectivity index is 2.32. The van der Waals surface area contributed by atoms with Crippen molar-refractivity contribution in [2.75, 3.05) is 0 Å². The number of aliphatic hydroxyl groups is 1. The molecule has 1 atom stereocenters. The van der Waals surface area contributed by atoms with Crippen LogP contribution >= 0.6 is 11.6 Å². The monoisotopic (exact) mass is 292 g/mol. The molecule has 0 saturated carbocycles. The smallest absolute Gasteiger partial charge is 0.126 e. The van der Waals surface area contributed by atoms with Crippen LogP contribution < -0.4 is 0 Å². The van der Waals surface area contributed by atoms with Crippen molar-refractivity contribution in [3.8, 4) is 0 Å². The highest BCUT2D eigenvalue weighted by molar-refractivity contribution is 6.31. The van der Waals surface area contributed by atoms with E-state index >= 15 is 0 Å². The molecule has 1 nitrogen and oxygen atoms in total. The standard InChI is InChI=1S/C17H18ClFO/c1-11-4-6-13(15(18)8-11)10-17(3,20)14-7-5-12(2)16(19)9-14/h4-9,20H,10H2,1-3H3. The zero-order chi connectivity index (χ0) is 14.9. The van der Waals surface area contributed by atoms with Crippen molar-refractivity contribution in [1.29, 1.82) is 0 Å². The number of aryl methyl sites for hydroxylation is 2. The molecule has 0 heterocycles. The lowest BCUT2D eigenvalue weighted by Gasteiger charge is -2.25. The summed E-state index contributed by atoms with van der Waals surface area (Å²) in [6.45, 7) is 5.33. The molecular weight excluding hydrogens is 275 g/mol. The molecule has 1 unspecified atom stereocenters. The fourth-order valence-corrected chi connectivity index (χ4v) is 2.50. The average Bonchev–Trinajstić information content (AvgIpc) is 2.36. The lowest BCUT2D eigenvalue weighted by atomic mass is 9.88. The summed E-state index contributed by atoms with van der Waals surface area (Å²) in [6.07, 6.45) is 0.342. The first-order chi connectivity index (χ1) is 9.29. The molecule has 0 amide bonds. The van der Waals surface area contributed by atoms with Crippen molar-refractivity contribution in [1.82, 2.24) is 0 Å². The van der Waals surface area contributed by atoms with Crippen LogP contribution in [0.25, 0.3) is 0 Å². The average molecular weight is 293 g/mol. The molecule has 0 aromatic heterocycles. The minimum atomic E-state index is -1.16. The molecule has 20 heavy (non-hydrogen) atoms. The molecule has 0 fully saturated rings. The first-order valence-corrected chi connectivity index (χ1v) is 6.91. The van der Waals surface area contributed by atoms with E-state index < -0.39 is 5.60 Å². The van der Waals surface area contributed by atoms with Crippen LogP contribution in [0, 0.1) is 19.7 Å². The molecule has 0 aliphatic rings. The van der Waals surface area contributed by atoms with E-state index in [1.54, 1.807) is 26.0 Å². The van der Waals surface area contributed by atoms with Gasteiger partial charge in [-0.15, -0.1) is 0 Å². The van der Waals surface area contributed by atoms with E-state index in [1.807, 2.05) is 25.1 Å². The molecule has 0 saturated heterocycles. The summed E-state index contributed by atoms with van der Waals surface area (Å²) in [5.74, 6) is -0.308. The van der Waals surface area contributed by atoms with Gasteiger partial charge in [0.05, 0.1) is 5.60 Å². The maximum Gasteiger partial charge on any atom is 0.126 e. The predicted octanol–water partition coefficient (Wildman–Crippen LogP) is 4.55. The van der Waals surface area contributed by atoms with Gasteiger partial charge in [0.25, 0.3) is 0 Å². The molecule has 0 radical (unpaired) electrons. The second-order valence-corrected chi connectivity index (χ2v) is 5.92. The molecule has 3 heteroatoms. The molecule has 0 bridgehead atoms. The van der Waals surface area contributed by atoms with Crippen LogP contribution in [-0.4, -0.2) is 5.11 Å². The quantitative estimate of drug-likeness (QED) is 0.880. The summed E-state index contributed by atoms with van der Waals surface area (Å²) >= 11 is 6.19. The number of benzene rings is 2. The minimum absolute atomic E-state index is 0.308. The minimum Gasteiger partial charge on any atom is -0.385 e. The van der Waals surface area contributed by atoms with Crippen LogP contribution in [-0.2, 0) is 12.0 Å². The number of halogens is 2. The summed E-state index contributed by atoms with van der Waals surface area (Å²) in [5, 5.41) is 11.2. The first kappa shape index (κ1) is 15.0. The van der Waals surface area contributed by atoms with Gasteiger partial charge in [-0.05, 0) is 55.2 Å². The van der Waals surface area contributed by atoms with Crippen molar-refractivity contribution in [2.24, 2.45) is 0 Å². The van der Waals surface area contributed by atoms with Crippen LogP contribution in [0.15, 0.2) is 36.4 Å². The Morgan fingerprint density at radius 1 is 1.15 bits per heavy atom. The molecule has 0 spiro atoms. The Morgan fingerprint density at radius 2 is 1.85 bits per heavy atom. The lowest BCUT2D eigenvalue weighted by Crippen LogP contribution is -2.24. The maximum absolute atomic E-state index is 13.6. The zero-order valence-electron chi connectivity index (χ0n) is 11.9. The van der Waals surface area contributed by atoms with E-state index in [1.165, 1.54) is 6.07 Å². The topological polar surface area (TPSA) is 20.2 Å². The third kappa shape index (κ3) is 3.20. The van der Waals surface area contributed by atoms with E-state index in [4.69, 9.17) is 11.6 Å². The second kappa shape index (κ2) is 5.55. The van der Waals surface area contributed by atoms with Gasteiger partial charge in [-0.25, -0.2) is 4.39 Å². The Labute approximate surface area is 124 Å². The Hall–Kier alpha value is -1.38. The molecule has 106 valence electrons. The van der Waals surface area contributed by atoms with Gasteiger partial charge in [0, 0.05) is 11.4 Å². The summed E-state index contributed by atoms with van der Waals surface area (Å²) < 4.78 is 13.6. The van der Waals surface area contributed by atoms with Gasteiger partial charge >= 0.3 is 0 Å². The fraction of sp³-hybridized carbons (Fsp3) is 0.294. The lowest BCUT2D eigenvalue weighted by molar-refractivity contribution is 0.0573. The van der Waals surface area contributed by atoms with Crippen molar-refractivity contribution < 1.29 is 9.50 Å². The van der Waals surface area contributed by atoms with E-state index in [0.717, 1.165) is 11.1 Å². The molecule has 2 rings (SSSR count). The molecule has 0 aliphatic carbocycles. The molecule has 1 N–H and O–H groups in total. The fourth-order valence-electron chi connectivity index (χ4n) is 2.20. The molecule has 2 aromatic carbocycles. The van der Waals surface area contributed by atoms with Crippen molar-refractivity contribution >= 4 is 11.6 Å². The third-order valence-electron chi connectivity index (χ3n) is 3.54. The van der Waals surface area contributed by atoms with Crippen LogP contribution in [0.5, 0.6) is 0 Å². The van der Waals surface area contributed by atoms with Gasteiger partial charge in [-0.2, -0.15) is 0 Å². The molecule has 0 aliphatic heterocycles. The van der Waals surface area contributed by atoms with Gasteiger partial charge in [0.1, 0.15) is 5.82 Å². The predicted molar refractivity (Wildman–Crippen MR) is 80.6 cm³/mol. The number of rotatable bonds is 3. The van der Waals surface area contributed by atoms with Crippen LogP contribution in [0.2, 0.25) is 5.02 Å². The highest BCUT2D eigenvalue weighted by Gasteiger charge is 2.25. The van der Waals surface area contributed by atoms with Gasteiger partial charge < -0.3 is 5.11 Å². The SMILES string of the molecule is Cc1ccc(CC(C)(O)c2ccc(C)c(F)c2)c(Cl)c1. The van der Waals surface area contributed by atoms with E-state index in [-0.39, 0.29) is 5.82 Å². The van der Waals surface area contributed by atoms with E-state index in [2.05, 4.69) is 0 Å². The highest BCUT2D eigenvalue weighted by atomic mass is 35.5. The molecular formula is C17H18ClFO. The van der Waals surface area contributed by atoms with Gasteiger partial charge in [-0.3, -0.25) is 0 Å². The van der Waals surface area contributed by atoms with E-state index in [9.17, 15) is 9.50 Å². The third-order valence-corrected chi connectivity index (χ3v) is 3.89. The Morgan fingerprint density at radius 3 is 2.45 bits per heavy atom. The summed E-state index contributed by atoms with van der Waals surface area (Å²) in [5.41, 5.74) is 1.88. The van der Waals surface area contributed by atoms with Gasteiger partial charge in [0.2, 0.25) is 0 Å². The van der Waals surface area contributed by atoms with Crippen molar-refractivity contribution in [3.63, 3.8) is 0 Å². The normalized spacial score (nSPS) is 14.1. The Bertz CT molecular complexity index is 635. The number of hydrogen-bond donors (Lipinski definition) is 1. The van der Waals surface area contributed by atoms with Crippen molar-refractivity contribution in [3.05, 3.63) is 69.5 Å². The van der Waals surface area contributed by atoms with Gasteiger partial charge in [-0.1, -0.05) is 35.9 Å². The zero-order valence-corrected chi connectivity index (χ0v) is 12.6. The van der Waals surface area contributed by atoms with Crippen molar-refractivity contribution in [2.45, 2.75) is 32.8 Å². The Kier molecular flexibility index (Phi) is 4.17. The van der Waals surface area contributed by atoms with E-state index in [0.29, 0.717) is 22.6 Å².